The van der Waals surface area contributed by atoms with Crippen LogP contribution in [0.1, 0.15) is 49.7 Å². The average molecular weight is 483 g/mol. The molecule has 0 fully saturated rings. The van der Waals surface area contributed by atoms with Crippen molar-refractivity contribution in [3.8, 4) is 5.75 Å². The number of benzene rings is 1. The van der Waals surface area contributed by atoms with Gasteiger partial charge in [0.15, 0.2) is 4.80 Å². The lowest BCUT2D eigenvalue weighted by molar-refractivity contribution is -0.139. The number of hydrogen-bond donors (Lipinski definition) is 0. The normalized spacial score (nSPS) is 16.1. The fourth-order valence-corrected chi connectivity index (χ4v) is 5.77. The first-order chi connectivity index (χ1) is 15.8. The molecule has 0 saturated carbocycles. The predicted molar refractivity (Wildman–Crippen MR) is 132 cm³/mol. The Morgan fingerprint density at radius 3 is 2.67 bits per heavy atom. The minimum Gasteiger partial charge on any atom is -0.491 e. The SMILES string of the molecule is CCOC(=O)C1=C(C)N=c2s/c(=C/c3sccc3C)c(=O)n2[C@H]1c1ccccc1OC(C)C. The second-order valence-corrected chi connectivity index (χ2v) is 9.93. The van der Waals surface area contributed by atoms with E-state index in [1.165, 1.54) is 11.3 Å². The number of carbonyl (C=O) groups excluding carboxylic acids is 1. The van der Waals surface area contributed by atoms with Crippen molar-refractivity contribution in [3.63, 3.8) is 0 Å². The van der Waals surface area contributed by atoms with Crippen LogP contribution in [-0.2, 0) is 9.53 Å². The van der Waals surface area contributed by atoms with E-state index in [4.69, 9.17) is 9.47 Å². The smallest absolute Gasteiger partial charge is 0.338 e. The van der Waals surface area contributed by atoms with Crippen LogP contribution < -0.4 is 19.6 Å². The van der Waals surface area contributed by atoms with Gasteiger partial charge in [0.25, 0.3) is 5.56 Å². The van der Waals surface area contributed by atoms with Crippen molar-refractivity contribution in [2.45, 2.75) is 46.8 Å². The lowest BCUT2D eigenvalue weighted by Gasteiger charge is -2.26. The lowest BCUT2D eigenvalue weighted by atomic mass is 9.95. The van der Waals surface area contributed by atoms with Crippen molar-refractivity contribution in [2.24, 2.45) is 4.99 Å². The molecule has 0 N–H and O–H groups in total. The lowest BCUT2D eigenvalue weighted by Crippen LogP contribution is -2.40. The van der Waals surface area contributed by atoms with E-state index in [0.29, 0.717) is 26.4 Å². The Bertz CT molecular complexity index is 1410. The van der Waals surface area contributed by atoms with Gasteiger partial charge in [0.2, 0.25) is 0 Å². The summed E-state index contributed by atoms with van der Waals surface area (Å²) in [4.78, 5) is 32.9. The molecule has 0 radical (unpaired) electrons. The Kier molecular flexibility index (Phi) is 6.67. The highest BCUT2D eigenvalue weighted by atomic mass is 32.1. The first kappa shape index (κ1) is 23.2. The Labute approximate surface area is 200 Å². The van der Waals surface area contributed by atoms with Gasteiger partial charge in [-0.15, -0.1) is 11.3 Å². The van der Waals surface area contributed by atoms with E-state index < -0.39 is 12.0 Å². The van der Waals surface area contributed by atoms with Crippen LogP contribution in [-0.4, -0.2) is 23.2 Å². The maximum atomic E-state index is 13.7. The number of rotatable bonds is 6. The number of ether oxygens (including phenoxy) is 2. The molecule has 172 valence electrons. The molecule has 3 aromatic rings. The van der Waals surface area contributed by atoms with Crippen LogP contribution in [0.3, 0.4) is 0 Å². The van der Waals surface area contributed by atoms with Crippen LogP contribution in [0.25, 0.3) is 6.08 Å². The summed E-state index contributed by atoms with van der Waals surface area (Å²) in [5, 5.41) is 2.00. The third-order valence-corrected chi connectivity index (χ3v) is 7.21. The molecule has 33 heavy (non-hydrogen) atoms. The van der Waals surface area contributed by atoms with E-state index >= 15 is 0 Å². The predicted octanol–water partition coefficient (Wildman–Crippen LogP) is 3.96. The van der Waals surface area contributed by atoms with Gasteiger partial charge in [-0.25, -0.2) is 9.79 Å². The molecular weight excluding hydrogens is 456 g/mol. The molecule has 0 spiro atoms. The maximum Gasteiger partial charge on any atom is 0.338 e. The number of allylic oxidation sites excluding steroid dienone is 1. The van der Waals surface area contributed by atoms with E-state index in [-0.39, 0.29) is 18.3 Å². The van der Waals surface area contributed by atoms with Crippen molar-refractivity contribution in [1.29, 1.82) is 0 Å². The van der Waals surface area contributed by atoms with Gasteiger partial charge in [0.1, 0.15) is 11.8 Å². The Balaban J connectivity index is 2.00. The first-order valence-electron chi connectivity index (χ1n) is 10.8. The number of hydrogen-bond acceptors (Lipinski definition) is 7. The minimum absolute atomic E-state index is 0.0695. The molecule has 1 aromatic carbocycles. The Hall–Kier alpha value is -2.97. The first-order valence-corrected chi connectivity index (χ1v) is 12.5. The number of thiazole rings is 1. The van der Waals surface area contributed by atoms with E-state index in [9.17, 15) is 9.59 Å². The molecular formula is C25H26N2O4S2. The van der Waals surface area contributed by atoms with E-state index in [1.807, 2.05) is 62.6 Å². The van der Waals surface area contributed by atoms with Gasteiger partial charge in [-0.1, -0.05) is 29.5 Å². The molecule has 0 amide bonds. The van der Waals surface area contributed by atoms with Crippen LogP contribution in [0.4, 0.5) is 0 Å². The maximum absolute atomic E-state index is 13.7. The molecule has 0 saturated heterocycles. The molecule has 4 rings (SSSR count). The molecule has 6 nitrogen and oxygen atoms in total. The number of para-hydroxylation sites is 1. The van der Waals surface area contributed by atoms with Gasteiger partial charge in [0, 0.05) is 10.4 Å². The molecule has 0 aliphatic carbocycles. The van der Waals surface area contributed by atoms with Crippen LogP contribution in [0.15, 0.2) is 56.8 Å². The van der Waals surface area contributed by atoms with E-state index in [2.05, 4.69) is 4.99 Å². The Morgan fingerprint density at radius 1 is 1.24 bits per heavy atom. The quantitative estimate of drug-likeness (QED) is 0.499. The topological polar surface area (TPSA) is 69.9 Å². The van der Waals surface area contributed by atoms with Gasteiger partial charge in [0.05, 0.1) is 28.5 Å². The molecule has 1 atom stereocenters. The van der Waals surface area contributed by atoms with Crippen LogP contribution in [0.2, 0.25) is 0 Å². The zero-order valence-corrected chi connectivity index (χ0v) is 20.9. The van der Waals surface area contributed by atoms with Gasteiger partial charge >= 0.3 is 5.97 Å². The van der Waals surface area contributed by atoms with E-state index in [0.717, 1.165) is 16.0 Å². The van der Waals surface area contributed by atoms with Gasteiger partial charge < -0.3 is 9.47 Å². The largest absolute Gasteiger partial charge is 0.491 e. The summed E-state index contributed by atoms with van der Waals surface area (Å²) in [7, 11) is 0. The van der Waals surface area contributed by atoms with E-state index in [1.54, 1.807) is 29.8 Å². The summed E-state index contributed by atoms with van der Waals surface area (Å²) in [5.41, 5.74) is 2.54. The number of fused-ring (bicyclic) bond motifs is 1. The fourth-order valence-electron chi connectivity index (χ4n) is 3.80. The number of thiophene rings is 1. The fraction of sp³-hybridized carbons (Fsp3) is 0.320. The highest BCUT2D eigenvalue weighted by molar-refractivity contribution is 7.11. The summed E-state index contributed by atoms with van der Waals surface area (Å²) in [6.07, 6.45) is 1.83. The number of aromatic nitrogens is 1. The van der Waals surface area contributed by atoms with Crippen molar-refractivity contribution in [1.82, 2.24) is 4.57 Å². The highest BCUT2D eigenvalue weighted by Crippen LogP contribution is 2.36. The van der Waals surface area contributed by atoms with Crippen molar-refractivity contribution in [2.75, 3.05) is 6.61 Å². The summed E-state index contributed by atoms with van der Waals surface area (Å²) >= 11 is 2.91. The molecule has 1 aliphatic heterocycles. The Morgan fingerprint density at radius 2 is 2.00 bits per heavy atom. The monoisotopic (exact) mass is 482 g/mol. The number of nitrogens with zero attached hydrogens (tertiary/aromatic N) is 2. The number of carbonyl (C=O) groups is 1. The van der Waals surface area contributed by atoms with Gasteiger partial charge in [-0.05, 0) is 63.8 Å². The number of aryl methyl sites for hydroxylation is 1. The van der Waals surface area contributed by atoms with Crippen LogP contribution in [0, 0.1) is 6.92 Å². The summed E-state index contributed by atoms with van der Waals surface area (Å²) in [6, 6.07) is 8.84. The molecule has 3 heterocycles. The third kappa shape index (κ3) is 4.45. The number of esters is 1. The molecule has 2 aromatic heterocycles. The standard InChI is InChI=1S/C25H26N2O4S2/c1-6-30-24(29)21-16(5)26-25-27(22(21)17-9-7-8-10-18(17)31-14(2)3)23(28)20(33-25)13-19-15(4)11-12-32-19/h7-14,22H,6H2,1-5H3/b20-13+/t22-/m0/s1. The van der Waals surface area contributed by atoms with Crippen molar-refractivity contribution in [3.05, 3.63) is 82.7 Å². The van der Waals surface area contributed by atoms with Crippen LogP contribution >= 0.6 is 22.7 Å². The molecule has 8 heteroatoms. The zero-order chi connectivity index (χ0) is 23.7. The molecule has 0 bridgehead atoms. The summed E-state index contributed by atoms with van der Waals surface area (Å²) in [6.45, 7) is 9.68. The van der Waals surface area contributed by atoms with Gasteiger partial charge in [-0.2, -0.15) is 0 Å². The summed E-state index contributed by atoms with van der Waals surface area (Å²) in [5.74, 6) is 0.143. The van der Waals surface area contributed by atoms with Crippen LogP contribution in [0.5, 0.6) is 5.75 Å². The van der Waals surface area contributed by atoms with Crippen molar-refractivity contribution >= 4 is 34.7 Å². The minimum atomic E-state index is -0.693. The second kappa shape index (κ2) is 9.49. The second-order valence-electron chi connectivity index (χ2n) is 7.97. The summed E-state index contributed by atoms with van der Waals surface area (Å²) < 4.78 is 13.6. The van der Waals surface area contributed by atoms with Crippen molar-refractivity contribution < 1.29 is 14.3 Å². The molecule has 1 aliphatic rings. The average Bonchev–Trinajstić information content (AvgIpc) is 3.30. The third-order valence-electron chi connectivity index (χ3n) is 5.26. The highest BCUT2D eigenvalue weighted by Gasteiger charge is 2.35. The molecule has 0 unspecified atom stereocenters. The zero-order valence-electron chi connectivity index (χ0n) is 19.2. The van der Waals surface area contributed by atoms with Gasteiger partial charge in [-0.3, -0.25) is 9.36 Å².